The molecule has 0 saturated heterocycles. The molecule has 1 rings (SSSR count). The van der Waals surface area contributed by atoms with Gasteiger partial charge < -0.3 is 0 Å². The van der Waals surface area contributed by atoms with E-state index in [2.05, 4.69) is 47.1 Å². The maximum absolute atomic E-state index is 11.7. The smallest absolute Gasteiger partial charge is 0.150 e. The molecule has 1 atom stereocenters. The Balaban J connectivity index is 2.55. The van der Waals surface area contributed by atoms with E-state index in [1.54, 1.807) is 0 Å². The molecule has 0 bridgehead atoms. The molecule has 0 aliphatic heterocycles. The minimum absolute atomic E-state index is 0.308. The minimum atomic E-state index is -2.86. The lowest BCUT2D eigenvalue weighted by molar-refractivity contribution is 0.551. The van der Waals surface area contributed by atoms with Crippen molar-refractivity contribution in [1.29, 1.82) is 0 Å². The number of rotatable bonds is 8. The summed E-state index contributed by atoms with van der Waals surface area (Å²) in [5, 5.41) is 0.850. The van der Waals surface area contributed by atoms with E-state index in [0.29, 0.717) is 23.8 Å². The molecule has 0 radical (unpaired) electrons. The van der Waals surface area contributed by atoms with E-state index >= 15 is 0 Å². The van der Waals surface area contributed by atoms with Gasteiger partial charge in [-0.1, -0.05) is 52.7 Å². The molecule has 0 spiro atoms. The third-order valence-electron chi connectivity index (χ3n) is 3.18. The maximum Gasteiger partial charge on any atom is 0.150 e. The Morgan fingerprint density at radius 2 is 2.00 bits per heavy atom. The zero-order chi connectivity index (χ0) is 14.3. The molecule has 1 aromatic rings. The van der Waals surface area contributed by atoms with Crippen LogP contribution in [0.1, 0.15) is 30.9 Å². The summed E-state index contributed by atoms with van der Waals surface area (Å²) in [5.41, 5.74) is 2.54. The first kappa shape index (κ1) is 16.7. The molecule has 4 heteroatoms. The van der Waals surface area contributed by atoms with Crippen LogP contribution in [0.15, 0.2) is 24.3 Å². The highest BCUT2D eigenvalue weighted by Gasteiger charge is 2.15. The van der Waals surface area contributed by atoms with Crippen LogP contribution in [-0.4, -0.2) is 25.3 Å². The fraction of sp³-hybridized carbons (Fsp3) is 0.600. The highest BCUT2D eigenvalue weighted by Crippen LogP contribution is 2.17. The summed E-state index contributed by atoms with van der Waals surface area (Å²) >= 11 is 3.50. The van der Waals surface area contributed by atoms with Crippen molar-refractivity contribution < 1.29 is 8.42 Å². The molecule has 0 amide bonds. The monoisotopic (exact) mass is 346 g/mol. The van der Waals surface area contributed by atoms with Gasteiger partial charge in [0, 0.05) is 11.1 Å². The molecular weight excluding hydrogens is 324 g/mol. The van der Waals surface area contributed by atoms with Crippen molar-refractivity contribution in [2.24, 2.45) is 5.92 Å². The number of hydrogen-bond acceptors (Lipinski definition) is 2. The molecule has 0 saturated carbocycles. The maximum atomic E-state index is 11.7. The Morgan fingerprint density at radius 3 is 2.58 bits per heavy atom. The number of benzene rings is 1. The van der Waals surface area contributed by atoms with E-state index < -0.39 is 9.84 Å². The van der Waals surface area contributed by atoms with Crippen molar-refractivity contribution in [2.45, 2.75) is 33.1 Å². The van der Waals surface area contributed by atoms with Crippen LogP contribution < -0.4 is 0 Å². The van der Waals surface area contributed by atoms with Gasteiger partial charge in [0.1, 0.15) is 9.84 Å². The third kappa shape index (κ3) is 6.57. The van der Waals surface area contributed by atoms with Crippen LogP contribution in [0.25, 0.3) is 0 Å². The Morgan fingerprint density at radius 1 is 1.26 bits per heavy atom. The quantitative estimate of drug-likeness (QED) is 0.671. The van der Waals surface area contributed by atoms with Crippen LogP contribution in [0.3, 0.4) is 0 Å². The molecule has 1 unspecified atom stereocenters. The second-order valence-electron chi connectivity index (χ2n) is 5.15. The lowest BCUT2D eigenvalue weighted by atomic mass is 9.98. The number of alkyl halides is 1. The van der Waals surface area contributed by atoms with Crippen LogP contribution in [0.4, 0.5) is 0 Å². The van der Waals surface area contributed by atoms with E-state index in [9.17, 15) is 8.42 Å². The zero-order valence-electron chi connectivity index (χ0n) is 11.7. The lowest BCUT2D eigenvalue weighted by Gasteiger charge is -2.14. The van der Waals surface area contributed by atoms with Crippen LogP contribution in [0.5, 0.6) is 0 Å². The normalized spacial score (nSPS) is 13.4. The Hall–Kier alpha value is -0.350. The van der Waals surface area contributed by atoms with Gasteiger partial charge in [-0.2, -0.15) is 0 Å². The summed E-state index contributed by atoms with van der Waals surface area (Å²) in [7, 11) is -2.86. The largest absolute Gasteiger partial charge is 0.229 e. The first-order valence-corrected chi connectivity index (χ1v) is 9.73. The van der Waals surface area contributed by atoms with E-state index in [4.69, 9.17) is 0 Å². The molecule has 0 aliphatic rings. The fourth-order valence-corrected chi connectivity index (χ4v) is 4.24. The highest BCUT2D eigenvalue weighted by molar-refractivity contribution is 9.09. The lowest BCUT2D eigenvalue weighted by Crippen LogP contribution is -2.16. The van der Waals surface area contributed by atoms with Gasteiger partial charge in [-0.25, -0.2) is 8.42 Å². The van der Waals surface area contributed by atoms with Gasteiger partial charge in [-0.15, -0.1) is 0 Å². The molecule has 0 aliphatic carbocycles. The van der Waals surface area contributed by atoms with Gasteiger partial charge >= 0.3 is 0 Å². The Kier molecular flexibility index (Phi) is 7.08. The molecule has 19 heavy (non-hydrogen) atoms. The van der Waals surface area contributed by atoms with Gasteiger partial charge in [0.15, 0.2) is 0 Å². The van der Waals surface area contributed by atoms with Crippen molar-refractivity contribution in [2.75, 3.05) is 16.8 Å². The van der Waals surface area contributed by atoms with Gasteiger partial charge in [0.05, 0.1) is 5.75 Å². The van der Waals surface area contributed by atoms with Crippen molar-refractivity contribution in [3.05, 3.63) is 35.4 Å². The molecule has 0 aromatic heterocycles. The first-order chi connectivity index (χ1) is 8.96. The van der Waals surface area contributed by atoms with E-state index in [0.717, 1.165) is 18.2 Å². The number of hydrogen-bond donors (Lipinski definition) is 0. The summed E-state index contributed by atoms with van der Waals surface area (Å²) in [4.78, 5) is 0. The Bertz CT molecular complexity index is 483. The first-order valence-electron chi connectivity index (χ1n) is 6.78. The standard InChI is InChI=1S/C15H23BrO2S/c1-3-8-19(17,18)9-7-15(12-16)11-14-6-4-5-13(2)10-14/h4-6,10,15H,3,7-9,11-12H2,1-2H3. The fourth-order valence-electron chi connectivity index (χ4n) is 2.17. The third-order valence-corrected chi connectivity index (χ3v) is 5.98. The topological polar surface area (TPSA) is 34.1 Å². The van der Waals surface area contributed by atoms with Gasteiger partial charge in [-0.05, 0) is 37.7 Å². The second kappa shape index (κ2) is 8.05. The molecule has 0 N–H and O–H groups in total. The molecule has 108 valence electrons. The second-order valence-corrected chi connectivity index (χ2v) is 8.11. The molecule has 0 heterocycles. The van der Waals surface area contributed by atoms with Gasteiger partial charge in [-0.3, -0.25) is 0 Å². The van der Waals surface area contributed by atoms with Crippen LogP contribution in [0.2, 0.25) is 0 Å². The number of halogens is 1. The van der Waals surface area contributed by atoms with Gasteiger partial charge in [0.25, 0.3) is 0 Å². The van der Waals surface area contributed by atoms with Crippen LogP contribution in [0, 0.1) is 12.8 Å². The Labute approximate surface area is 125 Å². The molecule has 2 nitrogen and oxygen atoms in total. The van der Waals surface area contributed by atoms with E-state index in [-0.39, 0.29) is 0 Å². The van der Waals surface area contributed by atoms with Crippen LogP contribution >= 0.6 is 15.9 Å². The minimum Gasteiger partial charge on any atom is -0.229 e. The van der Waals surface area contributed by atoms with Crippen molar-refractivity contribution in [3.8, 4) is 0 Å². The summed E-state index contributed by atoms with van der Waals surface area (Å²) in [6, 6.07) is 8.43. The van der Waals surface area contributed by atoms with Crippen molar-refractivity contribution >= 4 is 25.8 Å². The molecular formula is C15H23BrO2S. The predicted octanol–water partition coefficient (Wildman–Crippen LogP) is 3.76. The van der Waals surface area contributed by atoms with Crippen molar-refractivity contribution in [1.82, 2.24) is 0 Å². The summed E-state index contributed by atoms with van der Waals surface area (Å²) in [6.07, 6.45) is 2.38. The SMILES string of the molecule is CCCS(=O)(=O)CCC(CBr)Cc1cccc(C)c1. The van der Waals surface area contributed by atoms with Gasteiger partial charge in [0.2, 0.25) is 0 Å². The average molecular weight is 347 g/mol. The summed E-state index contributed by atoms with van der Waals surface area (Å²) in [5.74, 6) is 1.00. The molecule has 0 fully saturated rings. The zero-order valence-corrected chi connectivity index (χ0v) is 14.1. The van der Waals surface area contributed by atoms with Crippen molar-refractivity contribution in [3.63, 3.8) is 0 Å². The van der Waals surface area contributed by atoms with E-state index in [1.807, 2.05) is 6.92 Å². The number of sulfone groups is 1. The summed E-state index contributed by atoms with van der Waals surface area (Å²) < 4.78 is 23.5. The average Bonchev–Trinajstić information content (AvgIpc) is 2.34. The number of aryl methyl sites for hydroxylation is 1. The highest BCUT2D eigenvalue weighted by atomic mass is 79.9. The molecule has 1 aromatic carbocycles. The predicted molar refractivity (Wildman–Crippen MR) is 85.7 cm³/mol. The van der Waals surface area contributed by atoms with E-state index in [1.165, 1.54) is 11.1 Å². The van der Waals surface area contributed by atoms with Crippen LogP contribution in [-0.2, 0) is 16.3 Å². The summed E-state index contributed by atoms with van der Waals surface area (Å²) in [6.45, 7) is 3.99.